The number of hydrogen-bond donors (Lipinski definition) is 2. The monoisotopic (exact) mass is 575 g/mol. The summed E-state index contributed by atoms with van der Waals surface area (Å²) in [6.45, 7) is 2.76. The van der Waals surface area contributed by atoms with Crippen molar-refractivity contribution < 1.29 is 23.0 Å². The molecule has 1 aromatic heterocycles. The van der Waals surface area contributed by atoms with Crippen molar-refractivity contribution in [2.75, 3.05) is 37.7 Å². The van der Waals surface area contributed by atoms with Crippen molar-refractivity contribution in [3.63, 3.8) is 0 Å². The van der Waals surface area contributed by atoms with Crippen molar-refractivity contribution in [1.29, 1.82) is 0 Å². The largest absolute Gasteiger partial charge is 0.507 e. The molecule has 218 valence electrons. The summed E-state index contributed by atoms with van der Waals surface area (Å²) < 4.78 is 53.2. The lowest BCUT2D eigenvalue weighted by atomic mass is 9.95. The highest BCUT2D eigenvalue weighted by Gasteiger charge is 2.49. The standard InChI is InChI=1S/C32H32F3N5O2/c33-18-13-32(10-3-11-40(32)14-18)17-42-31-37-29-24(30(38-31)39-15-19-6-7-20(16-39)36-19)12-25(34)27(28(29)35)23-8-9-26(41)22-5-2-1-4-21(22)23/h1-2,4-5,8-9,12,18-20,36,41H,3,6-7,10-11,13-17H2/t18-,19-,20+,32+/m1/s1. The minimum atomic E-state index is -0.901. The molecule has 0 aliphatic carbocycles. The van der Waals surface area contributed by atoms with E-state index in [4.69, 9.17) is 9.72 Å². The molecule has 4 aliphatic heterocycles. The van der Waals surface area contributed by atoms with E-state index in [0.29, 0.717) is 48.2 Å². The van der Waals surface area contributed by atoms with E-state index in [1.54, 1.807) is 24.3 Å². The molecule has 0 unspecified atom stereocenters. The van der Waals surface area contributed by atoms with E-state index in [-0.39, 0.29) is 46.9 Å². The van der Waals surface area contributed by atoms with Crippen LogP contribution >= 0.6 is 0 Å². The van der Waals surface area contributed by atoms with Crippen LogP contribution in [0, 0.1) is 11.6 Å². The molecule has 0 saturated carbocycles. The van der Waals surface area contributed by atoms with Crippen molar-refractivity contribution in [2.24, 2.45) is 0 Å². The SMILES string of the molecule is Oc1ccc(-c2c(F)cc3c(N4C[C@H]5CC[C@@H](C4)N5)nc(OC[C@@]45CCCN4C[C@H](F)C5)nc3c2F)c2ccccc12. The van der Waals surface area contributed by atoms with Crippen LogP contribution < -0.4 is 15.0 Å². The molecule has 0 amide bonds. The lowest BCUT2D eigenvalue weighted by molar-refractivity contribution is 0.107. The number of anilines is 1. The first kappa shape index (κ1) is 26.0. The number of nitrogens with zero attached hydrogens (tertiary/aromatic N) is 4. The molecule has 4 saturated heterocycles. The fraction of sp³-hybridized carbons (Fsp3) is 0.438. The van der Waals surface area contributed by atoms with Crippen molar-refractivity contribution >= 4 is 27.5 Å². The number of nitrogens with one attached hydrogen (secondary N) is 1. The second kappa shape index (κ2) is 9.70. The molecule has 8 rings (SSSR count). The number of alkyl halides is 1. The van der Waals surface area contributed by atoms with Gasteiger partial charge in [-0.2, -0.15) is 9.97 Å². The fourth-order valence-electron chi connectivity index (χ4n) is 7.83. The molecule has 5 heterocycles. The van der Waals surface area contributed by atoms with Crippen molar-refractivity contribution in [1.82, 2.24) is 20.2 Å². The Morgan fingerprint density at radius 2 is 1.79 bits per heavy atom. The molecule has 0 spiro atoms. The topological polar surface area (TPSA) is 73.8 Å². The van der Waals surface area contributed by atoms with Gasteiger partial charge in [0.05, 0.1) is 11.1 Å². The van der Waals surface area contributed by atoms with Crippen LogP contribution in [0.5, 0.6) is 11.8 Å². The number of benzene rings is 3. The van der Waals surface area contributed by atoms with Crippen molar-refractivity contribution in [3.05, 3.63) is 54.1 Å². The van der Waals surface area contributed by atoms with E-state index < -0.39 is 23.3 Å². The predicted octanol–water partition coefficient (Wildman–Crippen LogP) is 5.33. The van der Waals surface area contributed by atoms with Gasteiger partial charge in [0, 0.05) is 48.9 Å². The van der Waals surface area contributed by atoms with Crippen molar-refractivity contribution in [3.8, 4) is 22.9 Å². The van der Waals surface area contributed by atoms with Gasteiger partial charge >= 0.3 is 6.01 Å². The van der Waals surface area contributed by atoms with Gasteiger partial charge in [-0.3, -0.25) is 4.90 Å². The molecule has 3 aromatic carbocycles. The van der Waals surface area contributed by atoms with Gasteiger partial charge in [0.25, 0.3) is 0 Å². The summed E-state index contributed by atoms with van der Waals surface area (Å²) in [5, 5.41) is 15.3. The summed E-state index contributed by atoms with van der Waals surface area (Å²) in [7, 11) is 0. The van der Waals surface area contributed by atoms with Gasteiger partial charge < -0.3 is 20.1 Å². The highest BCUT2D eigenvalue weighted by atomic mass is 19.1. The van der Waals surface area contributed by atoms with E-state index in [1.807, 2.05) is 0 Å². The van der Waals surface area contributed by atoms with Gasteiger partial charge in [0.2, 0.25) is 0 Å². The summed E-state index contributed by atoms with van der Waals surface area (Å²) >= 11 is 0. The normalized spacial score (nSPS) is 27.3. The second-order valence-electron chi connectivity index (χ2n) is 12.4. The second-order valence-corrected chi connectivity index (χ2v) is 12.4. The highest BCUT2D eigenvalue weighted by Crippen LogP contribution is 2.42. The zero-order chi connectivity index (χ0) is 28.6. The van der Waals surface area contributed by atoms with Gasteiger partial charge in [-0.25, -0.2) is 13.2 Å². The van der Waals surface area contributed by atoms with Crippen LogP contribution in [0.4, 0.5) is 19.0 Å². The van der Waals surface area contributed by atoms with E-state index in [2.05, 4.69) is 20.1 Å². The molecule has 4 aromatic rings. The minimum absolute atomic E-state index is 0.0129. The predicted molar refractivity (Wildman–Crippen MR) is 155 cm³/mol. The number of hydrogen-bond acceptors (Lipinski definition) is 7. The minimum Gasteiger partial charge on any atom is -0.507 e. The Balaban J connectivity index is 1.27. The Morgan fingerprint density at radius 1 is 1.00 bits per heavy atom. The van der Waals surface area contributed by atoms with E-state index in [1.165, 1.54) is 18.2 Å². The van der Waals surface area contributed by atoms with Gasteiger partial charge in [0.15, 0.2) is 5.82 Å². The maximum atomic E-state index is 16.6. The Kier molecular flexibility index (Phi) is 6.01. The molecule has 4 fully saturated rings. The number of ether oxygens (including phenoxy) is 1. The first-order valence-electron chi connectivity index (χ1n) is 14.8. The number of phenolic OH excluding ortho intramolecular Hbond substituents is 1. The molecular weight excluding hydrogens is 543 g/mol. The number of rotatable bonds is 5. The van der Waals surface area contributed by atoms with Crippen LogP contribution in [0.1, 0.15) is 32.1 Å². The fourth-order valence-corrected chi connectivity index (χ4v) is 7.83. The first-order valence-corrected chi connectivity index (χ1v) is 14.8. The molecule has 2 bridgehead atoms. The Labute approximate surface area is 241 Å². The number of aromatic hydroxyl groups is 1. The van der Waals surface area contributed by atoms with E-state index in [9.17, 15) is 9.50 Å². The van der Waals surface area contributed by atoms with Gasteiger partial charge in [-0.05, 0) is 61.4 Å². The lowest BCUT2D eigenvalue weighted by Crippen LogP contribution is -2.51. The number of aromatic nitrogens is 2. The number of piperazine rings is 1. The molecular formula is C32H32F3N5O2. The third-order valence-corrected chi connectivity index (χ3v) is 9.76. The quantitative estimate of drug-likeness (QED) is 0.333. The summed E-state index contributed by atoms with van der Waals surface area (Å²) in [6, 6.07) is 11.8. The Hall–Kier alpha value is -3.63. The van der Waals surface area contributed by atoms with Crippen molar-refractivity contribution in [2.45, 2.75) is 55.9 Å². The average Bonchev–Trinajstić information content (AvgIpc) is 3.63. The van der Waals surface area contributed by atoms with Gasteiger partial charge in [0.1, 0.15) is 35.7 Å². The van der Waals surface area contributed by atoms with E-state index in [0.717, 1.165) is 32.2 Å². The lowest BCUT2D eigenvalue weighted by Gasteiger charge is -2.34. The third-order valence-electron chi connectivity index (χ3n) is 9.76. The maximum absolute atomic E-state index is 16.6. The zero-order valence-corrected chi connectivity index (χ0v) is 23.1. The van der Waals surface area contributed by atoms with E-state index >= 15 is 8.78 Å². The molecule has 0 radical (unpaired) electrons. The van der Waals surface area contributed by atoms with Crippen LogP contribution in [0.2, 0.25) is 0 Å². The van der Waals surface area contributed by atoms with Crippen LogP contribution in [0.15, 0.2) is 42.5 Å². The Morgan fingerprint density at radius 3 is 2.60 bits per heavy atom. The van der Waals surface area contributed by atoms with Gasteiger partial charge in [-0.15, -0.1) is 0 Å². The van der Waals surface area contributed by atoms with Gasteiger partial charge in [-0.1, -0.05) is 24.3 Å². The summed E-state index contributed by atoms with van der Waals surface area (Å²) in [6.07, 6.45) is 3.37. The maximum Gasteiger partial charge on any atom is 0.319 e. The molecule has 2 N–H and O–H groups in total. The number of fused-ring (bicyclic) bond motifs is 5. The summed E-state index contributed by atoms with van der Waals surface area (Å²) in [4.78, 5) is 13.5. The highest BCUT2D eigenvalue weighted by molar-refractivity contribution is 6.02. The van der Waals surface area contributed by atoms with Crippen LogP contribution in [0.25, 0.3) is 32.8 Å². The number of halogens is 3. The van der Waals surface area contributed by atoms with Crippen LogP contribution in [-0.2, 0) is 0 Å². The molecule has 7 nitrogen and oxygen atoms in total. The smallest absolute Gasteiger partial charge is 0.319 e. The third kappa shape index (κ3) is 4.10. The first-order chi connectivity index (χ1) is 20.4. The molecule has 10 heteroatoms. The molecule has 4 atom stereocenters. The number of phenols is 1. The van der Waals surface area contributed by atoms with Crippen LogP contribution in [0.3, 0.4) is 0 Å². The molecule has 42 heavy (non-hydrogen) atoms. The summed E-state index contributed by atoms with van der Waals surface area (Å²) in [5.74, 6) is -1.05. The average molecular weight is 576 g/mol. The zero-order valence-electron chi connectivity index (χ0n) is 23.1. The summed E-state index contributed by atoms with van der Waals surface area (Å²) in [5.41, 5.74) is -0.330. The Bertz CT molecular complexity index is 1710. The van der Waals surface area contributed by atoms with Crippen LogP contribution in [-0.4, -0.2) is 76.6 Å². The molecule has 4 aliphatic rings.